The summed E-state index contributed by atoms with van der Waals surface area (Å²) in [5.41, 5.74) is 1.53. The first-order valence-electron chi connectivity index (χ1n) is 13.6. The molecule has 44 heavy (non-hydrogen) atoms. The fourth-order valence-electron chi connectivity index (χ4n) is 5.15. The highest BCUT2D eigenvalue weighted by atomic mass is 35.5. The first-order chi connectivity index (χ1) is 21.5. The van der Waals surface area contributed by atoms with Gasteiger partial charge in [0.15, 0.2) is 5.76 Å². The number of rotatable bonds is 7. The third-order valence-electron chi connectivity index (χ3n) is 7.24. The third-order valence-corrected chi connectivity index (χ3v) is 7.47. The van der Waals surface area contributed by atoms with Crippen molar-refractivity contribution in [3.63, 3.8) is 0 Å². The normalized spacial score (nSPS) is 11.6. The molecular weight excluding hydrogens is 580 g/mol. The molecule has 0 aliphatic carbocycles. The van der Waals surface area contributed by atoms with E-state index in [0.29, 0.717) is 32.8 Å². The molecule has 7 aromatic rings. The Morgan fingerprint density at radius 1 is 0.909 bits per heavy atom. The Kier molecular flexibility index (Phi) is 6.84. The molecule has 0 spiro atoms. The molecule has 214 valence electrons. The lowest BCUT2D eigenvalue weighted by Gasteiger charge is -2.12. The van der Waals surface area contributed by atoms with Crippen molar-refractivity contribution in [2.75, 3.05) is 0 Å². The summed E-state index contributed by atoms with van der Waals surface area (Å²) in [5.74, 6) is 0.477. The summed E-state index contributed by atoms with van der Waals surface area (Å²) in [6.45, 7) is 0.0807. The van der Waals surface area contributed by atoms with E-state index in [1.165, 1.54) is 18.3 Å². The minimum absolute atomic E-state index is 0.0240. The zero-order chi connectivity index (χ0) is 30.2. The molecule has 0 atom stereocenters. The summed E-state index contributed by atoms with van der Waals surface area (Å²) >= 11 is 6.17. The van der Waals surface area contributed by atoms with Crippen LogP contribution >= 0.6 is 11.6 Å². The van der Waals surface area contributed by atoms with Crippen molar-refractivity contribution in [3.8, 4) is 17.3 Å². The topological polar surface area (TPSA) is 113 Å². The predicted octanol–water partition coefficient (Wildman–Crippen LogP) is 7.99. The highest BCUT2D eigenvalue weighted by molar-refractivity contribution is 6.31. The molecule has 10 heteroatoms. The number of aromatic nitrogens is 2. The maximum atomic E-state index is 13.7. The Balaban J connectivity index is 1.34. The van der Waals surface area contributed by atoms with Gasteiger partial charge in [-0.05, 0) is 58.8 Å². The zero-order valence-corrected chi connectivity index (χ0v) is 23.6. The number of nitrogens with zero attached hydrogens (tertiary/aromatic N) is 4. The molecule has 9 nitrogen and oxygen atoms in total. The monoisotopic (exact) mass is 600 g/mol. The standard InChI is InChI=1S/C34H21ClN4O5/c35-25-15-16-30-24(17-25)18-31(44-30)33-37-28-13-4-3-12-27(28)34(40)38(33)36-19-22-9-6-14-29(39(41)42)32(22)43-20-23-10-5-8-21-7-1-2-11-26(21)23/h1-19H,20H2. The number of nitro groups is 1. The van der Waals surface area contributed by atoms with Gasteiger partial charge in [-0.2, -0.15) is 9.78 Å². The van der Waals surface area contributed by atoms with E-state index in [-0.39, 0.29) is 23.9 Å². The predicted molar refractivity (Wildman–Crippen MR) is 171 cm³/mol. The number of hydrogen-bond donors (Lipinski definition) is 0. The number of benzene rings is 5. The SMILES string of the molecule is O=c1c2ccccc2nc(-c2cc3cc(Cl)ccc3o2)n1N=Cc1cccc([N+](=O)[O-])c1OCc1cccc2ccccc12. The fourth-order valence-corrected chi connectivity index (χ4v) is 5.33. The van der Waals surface area contributed by atoms with E-state index in [0.717, 1.165) is 26.4 Å². The minimum atomic E-state index is -0.509. The summed E-state index contributed by atoms with van der Waals surface area (Å²) in [4.78, 5) is 29.9. The van der Waals surface area contributed by atoms with E-state index < -0.39 is 10.5 Å². The number of hydrogen-bond acceptors (Lipinski definition) is 7. The van der Waals surface area contributed by atoms with E-state index in [9.17, 15) is 14.9 Å². The van der Waals surface area contributed by atoms with Crippen LogP contribution in [0.2, 0.25) is 5.02 Å². The van der Waals surface area contributed by atoms with Gasteiger partial charge in [-0.25, -0.2) is 4.98 Å². The van der Waals surface area contributed by atoms with Gasteiger partial charge >= 0.3 is 5.69 Å². The average Bonchev–Trinajstić information content (AvgIpc) is 3.46. The largest absolute Gasteiger partial charge is 0.481 e. The molecule has 0 saturated carbocycles. The Bertz CT molecular complexity index is 2320. The summed E-state index contributed by atoms with van der Waals surface area (Å²) in [5, 5.41) is 20.1. The van der Waals surface area contributed by atoms with Crippen molar-refractivity contribution in [3.05, 3.63) is 146 Å². The van der Waals surface area contributed by atoms with Crippen LogP contribution in [0.1, 0.15) is 11.1 Å². The molecule has 0 aliphatic heterocycles. The number of para-hydroxylation sites is 2. The second-order valence-corrected chi connectivity index (χ2v) is 10.4. The van der Waals surface area contributed by atoms with Crippen LogP contribution in [0.15, 0.2) is 124 Å². The van der Waals surface area contributed by atoms with Crippen molar-refractivity contribution >= 4 is 56.1 Å². The van der Waals surface area contributed by atoms with Crippen molar-refractivity contribution in [2.45, 2.75) is 6.61 Å². The van der Waals surface area contributed by atoms with Gasteiger partial charge in [0.1, 0.15) is 12.2 Å². The number of halogens is 1. The Labute approximate surface area is 254 Å². The second-order valence-electron chi connectivity index (χ2n) is 9.99. The Morgan fingerprint density at radius 3 is 2.55 bits per heavy atom. The van der Waals surface area contributed by atoms with Crippen LogP contribution in [-0.2, 0) is 6.61 Å². The molecule has 0 amide bonds. The fraction of sp³-hybridized carbons (Fsp3) is 0.0294. The molecule has 0 unspecified atom stereocenters. The van der Waals surface area contributed by atoms with Gasteiger partial charge in [-0.15, -0.1) is 0 Å². The molecule has 0 aliphatic rings. The zero-order valence-electron chi connectivity index (χ0n) is 22.9. The van der Waals surface area contributed by atoms with Crippen LogP contribution in [0.5, 0.6) is 5.75 Å². The Morgan fingerprint density at radius 2 is 1.68 bits per heavy atom. The van der Waals surface area contributed by atoms with Gasteiger partial charge in [0, 0.05) is 22.0 Å². The van der Waals surface area contributed by atoms with Gasteiger partial charge in [-0.3, -0.25) is 14.9 Å². The summed E-state index contributed by atoms with van der Waals surface area (Å²) < 4.78 is 13.3. The van der Waals surface area contributed by atoms with E-state index in [1.54, 1.807) is 54.6 Å². The van der Waals surface area contributed by atoms with Crippen LogP contribution in [0.4, 0.5) is 5.69 Å². The molecule has 2 aromatic heterocycles. The molecule has 2 heterocycles. The number of fused-ring (bicyclic) bond motifs is 3. The van der Waals surface area contributed by atoms with Crippen LogP contribution in [0, 0.1) is 10.1 Å². The molecule has 0 fully saturated rings. The number of nitro benzene ring substituents is 1. The van der Waals surface area contributed by atoms with E-state index in [1.807, 2.05) is 42.5 Å². The molecular formula is C34H21ClN4O5. The molecule has 0 radical (unpaired) electrons. The highest BCUT2D eigenvalue weighted by Crippen LogP contribution is 2.32. The average molecular weight is 601 g/mol. The van der Waals surface area contributed by atoms with Crippen LogP contribution in [0.3, 0.4) is 0 Å². The molecule has 5 aromatic carbocycles. The lowest BCUT2D eigenvalue weighted by molar-refractivity contribution is -0.385. The second kappa shape index (κ2) is 11.1. The van der Waals surface area contributed by atoms with Gasteiger partial charge in [-0.1, -0.05) is 72.3 Å². The Hall–Kier alpha value is -5.80. The quantitative estimate of drug-likeness (QED) is 0.104. The van der Waals surface area contributed by atoms with Crippen molar-refractivity contribution in [1.82, 2.24) is 9.66 Å². The molecule has 0 saturated heterocycles. The summed E-state index contributed by atoms with van der Waals surface area (Å²) in [6, 6.07) is 32.0. The van der Waals surface area contributed by atoms with Crippen molar-refractivity contribution in [1.29, 1.82) is 0 Å². The van der Waals surface area contributed by atoms with E-state index in [2.05, 4.69) is 5.10 Å². The first-order valence-corrected chi connectivity index (χ1v) is 14.0. The number of furan rings is 1. The summed E-state index contributed by atoms with van der Waals surface area (Å²) in [6.07, 6.45) is 1.35. The van der Waals surface area contributed by atoms with Crippen molar-refractivity contribution in [2.24, 2.45) is 5.10 Å². The summed E-state index contributed by atoms with van der Waals surface area (Å²) in [7, 11) is 0. The molecule has 0 bridgehead atoms. The lowest BCUT2D eigenvalue weighted by Crippen LogP contribution is -2.20. The van der Waals surface area contributed by atoms with Gasteiger partial charge in [0.2, 0.25) is 11.6 Å². The minimum Gasteiger partial charge on any atom is -0.481 e. The maximum absolute atomic E-state index is 13.7. The van der Waals surface area contributed by atoms with Crippen LogP contribution < -0.4 is 10.3 Å². The smallest absolute Gasteiger partial charge is 0.311 e. The van der Waals surface area contributed by atoms with Gasteiger partial charge in [0.25, 0.3) is 5.56 Å². The number of ether oxygens (including phenoxy) is 1. The van der Waals surface area contributed by atoms with Gasteiger partial charge in [0.05, 0.1) is 22.0 Å². The highest BCUT2D eigenvalue weighted by Gasteiger charge is 2.20. The third kappa shape index (κ3) is 4.95. The van der Waals surface area contributed by atoms with E-state index >= 15 is 0 Å². The van der Waals surface area contributed by atoms with E-state index in [4.69, 9.17) is 25.7 Å². The molecule has 0 N–H and O–H groups in total. The lowest BCUT2D eigenvalue weighted by atomic mass is 10.1. The van der Waals surface area contributed by atoms with Crippen LogP contribution in [-0.4, -0.2) is 20.8 Å². The van der Waals surface area contributed by atoms with Gasteiger partial charge < -0.3 is 9.15 Å². The van der Waals surface area contributed by atoms with Crippen LogP contribution in [0.25, 0.3) is 44.2 Å². The molecule has 7 rings (SSSR count). The van der Waals surface area contributed by atoms with Crippen molar-refractivity contribution < 1.29 is 14.1 Å². The first kappa shape index (κ1) is 27.1. The maximum Gasteiger partial charge on any atom is 0.311 e.